The number of rotatable bonds is 4. The zero-order chi connectivity index (χ0) is 39.2. The normalized spacial score (nSPS) is 15.2. The van der Waals surface area contributed by atoms with Crippen LogP contribution in [0.4, 0.5) is 0 Å². The highest BCUT2D eigenvalue weighted by molar-refractivity contribution is 6.24. The van der Waals surface area contributed by atoms with E-state index in [-0.39, 0.29) is 0 Å². The minimum Gasteiger partial charge on any atom is -0.313 e. The zero-order valence-corrected chi connectivity index (χ0v) is 32.9. The van der Waals surface area contributed by atoms with Crippen LogP contribution < -0.4 is 0 Å². The Morgan fingerprint density at radius 2 is 1.07 bits per heavy atom. The Kier molecular flexibility index (Phi) is 7.49. The number of hydrogen-bond donors (Lipinski definition) is 0. The second-order valence-electron chi connectivity index (χ2n) is 16.2. The van der Waals surface area contributed by atoms with Gasteiger partial charge >= 0.3 is 0 Å². The third kappa shape index (κ3) is 5.21. The average molecular weight is 754 g/mol. The molecular formula is C56H39N3. The van der Waals surface area contributed by atoms with Crippen molar-refractivity contribution in [3.05, 3.63) is 193 Å². The molecule has 1 aliphatic carbocycles. The summed E-state index contributed by atoms with van der Waals surface area (Å²) in [6, 6.07) is 61.9. The molecule has 0 fully saturated rings. The molecule has 0 saturated carbocycles. The maximum atomic E-state index is 5.51. The third-order valence-corrected chi connectivity index (χ3v) is 13.0. The fourth-order valence-corrected chi connectivity index (χ4v) is 9.80. The van der Waals surface area contributed by atoms with Gasteiger partial charge in [0.1, 0.15) is 0 Å². The lowest BCUT2D eigenvalue weighted by Crippen LogP contribution is -2.13. The number of benzene rings is 9. The lowest BCUT2D eigenvalue weighted by Gasteiger charge is -2.24. The number of para-hydroxylation sites is 1. The molecule has 1 aliphatic rings. The van der Waals surface area contributed by atoms with Gasteiger partial charge in [0, 0.05) is 44.6 Å². The van der Waals surface area contributed by atoms with Crippen LogP contribution in [0.2, 0.25) is 0 Å². The average Bonchev–Trinajstić information content (AvgIpc) is 3.64. The van der Waals surface area contributed by atoms with E-state index in [1.165, 1.54) is 76.7 Å². The fraction of sp³-hybridized carbons (Fsp3) is 0.0714. The smallest absolute Gasteiger partial charge is 0.0979 e. The van der Waals surface area contributed by atoms with Crippen LogP contribution in [0, 0.1) is 5.92 Å². The second kappa shape index (κ2) is 13.1. The molecule has 0 saturated heterocycles. The van der Waals surface area contributed by atoms with E-state index in [9.17, 15) is 0 Å². The van der Waals surface area contributed by atoms with Gasteiger partial charge in [-0.2, -0.15) is 0 Å². The zero-order valence-electron chi connectivity index (χ0n) is 32.9. The first kappa shape index (κ1) is 33.7. The van der Waals surface area contributed by atoms with Gasteiger partial charge in [0.15, 0.2) is 0 Å². The molecule has 0 amide bonds. The summed E-state index contributed by atoms with van der Waals surface area (Å²) >= 11 is 0. The maximum absolute atomic E-state index is 5.51. The van der Waals surface area contributed by atoms with Gasteiger partial charge in [-0.25, -0.2) is 4.98 Å². The fourth-order valence-electron chi connectivity index (χ4n) is 9.80. The predicted molar refractivity (Wildman–Crippen MR) is 249 cm³/mol. The molecule has 0 radical (unpaired) electrons. The van der Waals surface area contributed by atoms with Crippen molar-refractivity contribution in [3.63, 3.8) is 0 Å². The molecular weight excluding hydrogens is 715 g/mol. The van der Waals surface area contributed by atoms with Gasteiger partial charge in [0.2, 0.25) is 0 Å². The Morgan fingerprint density at radius 1 is 0.475 bits per heavy atom. The number of allylic oxidation sites excluding steroid dienone is 1. The van der Waals surface area contributed by atoms with Gasteiger partial charge in [-0.05, 0) is 90.8 Å². The van der Waals surface area contributed by atoms with Crippen LogP contribution >= 0.6 is 0 Å². The molecule has 2 unspecified atom stereocenters. The summed E-state index contributed by atoms with van der Waals surface area (Å²) < 4.78 is 2.47. The van der Waals surface area contributed by atoms with E-state index in [0.29, 0.717) is 11.8 Å². The SMILES string of the molecule is CC1C=Cc2c(n(-c3cccc(-c4cnc5c6ccc(-c7cccc8ccccc78)cc6c6cc(-c7cccc8ccccc78)ccc6c5n4)c3)c3ccccc23)C1C. The molecule has 9 aromatic carbocycles. The van der Waals surface area contributed by atoms with E-state index in [4.69, 9.17) is 9.97 Å². The van der Waals surface area contributed by atoms with E-state index in [1.54, 1.807) is 0 Å². The van der Waals surface area contributed by atoms with E-state index in [1.807, 2.05) is 6.20 Å². The van der Waals surface area contributed by atoms with E-state index in [0.717, 1.165) is 38.8 Å². The molecule has 3 heteroatoms. The molecule has 2 aromatic heterocycles. The van der Waals surface area contributed by atoms with Crippen LogP contribution in [0.5, 0.6) is 0 Å². The van der Waals surface area contributed by atoms with Crippen molar-refractivity contribution in [2.45, 2.75) is 19.8 Å². The highest BCUT2D eigenvalue weighted by atomic mass is 15.0. The molecule has 3 nitrogen and oxygen atoms in total. The number of fused-ring (bicyclic) bond motifs is 11. The van der Waals surface area contributed by atoms with Crippen molar-refractivity contribution in [1.29, 1.82) is 0 Å². The van der Waals surface area contributed by atoms with Gasteiger partial charge in [0.05, 0.1) is 28.4 Å². The standard InChI is InChI=1S/C56H39N3/c1-34-24-27-49-46-20-7-8-23-53(46)59(56(49)35(34)2)41-17-9-16-40(30-41)52-33-57-54-47-28-25-38(44-21-10-14-36-12-3-5-18-42(36)44)31-50(47)51-32-39(26-29-48(51)55(54)58-52)45-22-11-15-37-13-4-6-19-43(37)45/h3-35H,1-2H3. The first-order chi connectivity index (χ1) is 29.1. The van der Waals surface area contributed by atoms with Crippen molar-refractivity contribution in [1.82, 2.24) is 14.5 Å². The topological polar surface area (TPSA) is 30.7 Å². The molecule has 0 spiro atoms. The minimum absolute atomic E-state index is 0.381. The molecule has 59 heavy (non-hydrogen) atoms. The maximum Gasteiger partial charge on any atom is 0.0979 e. The first-order valence-electron chi connectivity index (χ1n) is 20.6. The molecule has 2 heterocycles. The molecule has 11 aromatic rings. The quantitative estimate of drug-likeness (QED) is 0.168. The number of aromatic nitrogens is 3. The highest BCUT2D eigenvalue weighted by Gasteiger charge is 2.27. The Hall–Kier alpha value is -7.36. The second-order valence-corrected chi connectivity index (χ2v) is 16.2. The summed E-state index contributed by atoms with van der Waals surface area (Å²) in [6.45, 7) is 4.67. The van der Waals surface area contributed by atoms with E-state index < -0.39 is 0 Å². The monoisotopic (exact) mass is 753 g/mol. The van der Waals surface area contributed by atoms with Crippen molar-refractivity contribution in [2.24, 2.45) is 5.92 Å². The van der Waals surface area contributed by atoms with Gasteiger partial charge in [0.25, 0.3) is 0 Å². The molecule has 0 N–H and O–H groups in total. The van der Waals surface area contributed by atoms with Gasteiger partial charge < -0.3 is 4.57 Å². The summed E-state index contributed by atoms with van der Waals surface area (Å²) in [5.41, 5.74) is 13.6. The largest absolute Gasteiger partial charge is 0.313 e. The molecule has 12 rings (SSSR count). The van der Waals surface area contributed by atoms with Crippen LogP contribution in [-0.2, 0) is 0 Å². The van der Waals surface area contributed by atoms with E-state index in [2.05, 4.69) is 200 Å². The van der Waals surface area contributed by atoms with Gasteiger partial charge in [-0.1, -0.05) is 166 Å². The lowest BCUT2D eigenvalue weighted by atomic mass is 9.85. The van der Waals surface area contributed by atoms with Gasteiger partial charge in [-0.3, -0.25) is 4.98 Å². The summed E-state index contributed by atoms with van der Waals surface area (Å²) in [7, 11) is 0. The third-order valence-electron chi connectivity index (χ3n) is 13.0. The Bertz CT molecular complexity index is 3540. The summed E-state index contributed by atoms with van der Waals surface area (Å²) in [5, 5.41) is 10.8. The van der Waals surface area contributed by atoms with Crippen LogP contribution in [0.25, 0.3) is 110 Å². The Morgan fingerprint density at radius 3 is 1.76 bits per heavy atom. The minimum atomic E-state index is 0.381. The van der Waals surface area contributed by atoms with Crippen molar-refractivity contribution in [2.75, 3.05) is 0 Å². The van der Waals surface area contributed by atoms with Crippen LogP contribution in [0.15, 0.2) is 182 Å². The molecule has 0 bridgehead atoms. The van der Waals surface area contributed by atoms with Crippen molar-refractivity contribution >= 4 is 71.1 Å². The molecule has 0 aliphatic heterocycles. The van der Waals surface area contributed by atoms with Gasteiger partial charge in [-0.15, -0.1) is 0 Å². The Balaban J connectivity index is 1.08. The van der Waals surface area contributed by atoms with Crippen LogP contribution in [-0.4, -0.2) is 14.5 Å². The number of hydrogen-bond acceptors (Lipinski definition) is 2. The number of nitrogens with zero attached hydrogens (tertiary/aromatic N) is 3. The van der Waals surface area contributed by atoms with Crippen molar-refractivity contribution in [3.8, 4) is 39.2 Å². The van der Waals surface area contributed by atoms with Crippen LogP contribution in [0.3, 0.4) is 0 Å². The first-order valence-corrected chi connectivity index (χ1v) is 20.6. The Labute approximate surface area is 342 Å². The summed E-state index contributed by atoms with van der Waals surface area (Å²) in [5.74, 6) is 0.832. The van der Waals surface area contributed by atoms with Crippen LogP contribution in [0.1, 0.15) is 31.0 Å². The molecule has 2 atom stereocenters. The molecule has 278 valence electrons. The highest BCUT2D eigenvalue weighted by Crippen LogP contribution is 2.43. The lowest BCUT2D eigenvalue weighted by molar-refractivity contribution is 0.564. The summed E-state index contributed by atoms with van der Waals surface area (Å²) in [4.78, 5) is 10.8. The van der Waals surface area contributed by atoms with Crippen molar-refractivity contribution < 1.29 is 0 Å². The predicted octanol–water partition coefficient (Wildman–Crippen LogP) is 15.0. The van der Waals surface area contributed by atoms with E-state index >= 15 is 0 Å². The summed E-state index contributed by atoms with van der Waals surface area (Å²) in [6.07, 6.45) is 6.64.